The van der Waals surface area contributed by atoms with Crippen LogP contribution in [0.15, 0.2) is 24.3 Å². The number of ether oxygens (including phenoxy) is 1. The number of benzene rings is 1. The van der Waals surface area contributed by atoms with Crippen LogP contribution in [0.5, 0.6) is 5.75 Å². The van der Waals surface area contributed by atoms with Crippen LogP contribution in [0.2, 0.25) is 0 Å². The van der Waals surface area contributed by atoms with Crippen molar-refractivity contribution in [1.82, 2.24) is 10.6 Å². The Hall–Kier alpha value is -1.71. The molecule has 0 spiro atoms. The van der Waals surface area contributed by atoms with Crippen LogP contribution >= 0.6 is 0 Å². The van der Waals surface area contributed by atoms with Gasteiger partial charge in [0, 0.05) is 6.04 Å². The van der Waals surface area contributed by atoms with Gasteiger partial charge >= 0.3 is 6.03 Å². The molecule has 1 aliphatic rings. The summed E-state index contributed by atoms with van der Waals surface area (Å²) in [5, 5.41) is 5.84. The van der Waals surface area contributed by atoms with E-state index in [2.05, 4.69) is 10.6 Å². The van der Waals surface area contributed by atoms with Crippen molar-refractivity contribution in [3.8, 4) is 5.75 Å². The van der Waals surface area contributed by atoms with Gasteiger partial charge in [-0.15, -0.1) is 0 Å². The molecule has 1 saturated carbocycles. The van der Waals surface area contributed by atoms with Crippen molar-refractivity contribution in [1.29, 1.82) is 0 Å². The topological polar surface area (TPSA) is 50.4 Å². The lowest BCUT2D eigenvalue weighted by molar-refractivity contribution is 0.237. The predicted octanol–water partition coefficient (Wildman–Crippen LogP) is 2.61. The highest BCUT2D eigenvalue weighted by Gasteiger charge is 2.23. The molecule has 0 bridgehead atoms. The third kappa shape index (κ3) is 3.65. The Morgan fingerprint density at radius 1 is 1.39 bits per heavy atom. The minimum Gasteiger partial charge on any atom is -0.494 e. The summed E-state index contributed by atoms with van der Waals surface area (Å²) in [6.45, 7) is 4.60. The first-order valence-corrected chi connectivity index (χ1v) is 6.49. The Kier molecular flexibility index (Phi) is 4.07. The monoisotopic (exact) mass is 248 g/mol. The summed E-state index contributed by atoms with van der Waals surface area (Å²) in [7, 11) is 0. The van der Waals surface area contributed by atoms with E-state index in [0.717, 1.165) is 24.2 Å². The normalized spacial score (nSPS) is 15.9. The highest BCUT2D eigenvalue weighted by molar-refractivity contribution is 5.75. The number of carbonyl (C=O) groups excluding carboxylic acids is 1. The fraction of sp³-hybridized carbons (Fsp3) is 0.500. The third-order valence-corrected chi connectivity index (χ3v) is 2.95. The number of carbonyl (C=O) groups is 1. The van der Waals surface area contributed by atoms with E-state index in [0.29, 0.717) is 12.6 Å². The molecular formula is C14H20N2O2. The summed E-state index contributed by atoms with van der Waals surface area (Å²) in [6.07, 6.45) is 2.20. The first-order valence-electron chi connectivity index (χ1n) is 6.49. The lowest BCUT2D eigenvalue weighted by Gasteiger charge is -2.15. The van der Waals surface area contributed by atoms with Gasteiger partial charge in [-0.1, -0.05) is 12.1 Å². The average Bonchev–Trinajstić information content (AvgIpc) is 3.14. The van der Waals surface area contributed by atoms with Crippen LogP contribution in [0.25, 0.3) is 0 Å². The number of rotatable bonds is 5. The molecule has 1 unspecified atom stereocenters. The van der Waals surface area contributed by atoms with E-state index < -0.39 is 0 Å². The SMILES string of the molecule is CCOc1ccc(C(C)NC(=O)NC2CC2)cc1. The van der Waals surface area contributed by atoms with E-state index in [4.69, 9.17) is 4.74 Å². The second-order valence-corrected chi connectivity index (χ2v) is 4.62. The summed E-state index contributed by atoms with van der Waals surface area (Å²) in [5.74, 6) is 0.857. The largest absolute Gasteiger partial charge is 0.494 e. The van der Waals surface area contributed by atoms with E-state index in [1.165, 1.54) is 0 Å². The van der Waals surface area contributed by atoms with Gasteiger partial charge in [-0.3, -0.25) is 0 Å². The third-order valence-electron chi connectivity index (χ3n) is 2.95. The van der Waals surface area contributed by atoms with Crippen molar-refractivity contribution < 1.29 is 9.53 Å². The molecular weight excluding hydrogens is 228 g/mol. The van der Waals surface area contributed by atoms with E-state index in [9.17, 15) is 4.79 Å². The maximum atomic E-state index is 11.6. The molecule has 98 valence electrons. The summed E-state index contributed by atoms with van der Waals surface area (Å²) < 4.78 is 5.38. The molecule has 0 radical (unpaired) electrons. The zero-order chi connectivity index (χ0) is 13.0. The van der Waals surface area contributed by atoms with Crippen molar-refractivity contribution in [3.05, 3.63) is 29.8 Å². The molecule has 1 aromatic rings. The van der Waals surface area contributed by atoms with Crippen LogP contribution in [0.3, 0.4) is 0 Å². The van der Waals surface area contributed by atoms with Crippen LogP contribution in [0.4, 0.5) is 4.79 Å². The molecule has 1 aromatic carbocycles. The van der Waals surface area contributed by atoms with Gasteiger partial charge in [-0.25, -0.2) is 4.79 Å². The van der Waals surface area contributed by atoms with Crippen molar-refractivity contribution in [3.63, 3.8) is 0 Å². The molecule has 2 N–H and O–H groups in total. The van der Waals surface area contributed by atoms with Gasteiger partial charge in [0.2, 0.25) is 0 Å². The van der Waals surface area contributed by atoms with E-state index in [1.807, 2.05) is 38.1 Å². The summed E-state index contributed by atoms with van der Waals surface area (Å²) >= 11 is 0. The van der Waals surface area contributed by atoms with E-state index in [-0.39, 0.29) is 12.1 Å². The molecule has 1 fully saturated rings. The average molecular weight is 248 g/mol. The highest BCUT2D eigenvalue weighted by atomic mass is 16.5. The molecule has 1 atom stereocenters. The standard InChI is InChI=1S/C14H20N2O2/c1-3-18-13-8-4-11(5-9-13)10(2)15-14(17)16-12-6-7-12/h4-5,8-10,12H,3,6-7H2,1-2H3,(H2,15,16,17). The van der Waals surface area contributed by atoms with Crippen LogP contribution in [-0.4, -0.2) is 18.7 Å². The van der Waals surface area contributed by atoms with Crippen LogP contribution in [0, 0.1) is 0 Å². The van der Waals surface area contributed by atoms with Crippen LogP contribution in [0.1, 0.15) is 38.3 Å². The van der Waals surface area contributed by atoms with E-state index in [1.54, 1.807) is 0 Å². The second-order valence-electron chi connectivity index (χ2n) is 4.62. The minimum atomic E-state index is -0.0844. The van der Waals surface area contributed by atoms with Crippen molar-refractivity contribution in [2.45, 2.75) is 38.8 Å². The van der Waals surface area contributed by atoms with Crippen molar-refractivity contribution in [2.75, 3.05) is 6.61 Å². The molecule has 4 nitrogen and oxygen atoms in total. The zero-order valence-corrected chi connectivity index (χ0v) is 10.9. The van der Waals surface area contributed by atoms with Crippen LogP contribution in [-0.2, 0) is 0 Å². The molecule has 1 aliphatic carbocycles. The Morgan fingerprint density at radius 3 is 2.61 bits per heavy atom. The Bertz CT molecular complexity index is 399. The Labute approximate surface area is 108 Å². The molecule has 0 saturated heterocycles. The van der Waals surface area contributed by atoms with Crippen molar-refractivity contribution in [2.24, 2.45) is 0 Å². The fourth-order valence-corrected chi connectivity index (χ4v) is 1.75. The summed E-state index contributed by atoms with van der Waals surface area (Å²) in [4.78, 5) is 11.6. The Morgan fingerprint density at radius 2 is 2.06 bits per heavy atom. The molecule has 0 aliphatic heterocycles. The zero-order valence-electron chi connectivity index (χ0n) is 10.9. The van der Waals surface area contributed by atoms with Gasteiger partial charge in [0.25, 0.3) is 0 Å². The first-order chi connectivity index (χ1) is 8.69. The number of amides is 2. The summed E-state index contributed by atoms with van der Waals surface area (Å²) in [5.41, 5.74) is 1.07. The lowest BCUT2D eigenvalue weighted by Crippen LogP contribution is -2.38. The van der Waals surface area contributed by atoms with Gasteiger partial charge < -0.3 is 15.4 Å². The smallest absolute Gasteiger partial charge is 0.315 e. The first kappa shape index (κ1) is 12.7. The predicted molar refractivity (Wildman–Crippen MR) is 70.7 cm³/mol. The molecule has 18 heavy (non-hydrogen) atoms. The molecule has 0 heterocycles. The maximum absolute atomic E-state index is 11.6. The van der Waals surface area contributed by atoms with Gasteiger partial charge in [0.05, 0.1) is 12.6 Å². The van der Waals surface area contributed by atoms with Gasteiger partial charge in [0.15, 0.2) is 0 Å². The molecule has 0 aromatic heterocycles. The fourth-order valence-electron chi connectivity index (χ4n) is 1.75. The highest BCUT2D eigenvalue weighted by Crippen LogP contribution is 2.20. The summed E-state index contributed by atoms with van der Waals surface area (Å²) in [6, 6.07) is 8.11. The molecule has 2 amide bonds. The van der Waals surface area contributed by atoms with Crippen molar-refractivity contribution >= 4 is 6.03 Å². The quantitative estimate of drug-likeness (QED) is 0.841. The van der Waals surface area contributed by atoms with Crippen LogP contribution < -0.4 is 15.4 Å². The number of hydrogen-bond donors (Lipinski definition) is 2. The Balaban J connectivity index is 1.86. The number of nitrogens with one attached hydrogen (secondary N) is 2. The second kappa shape index (κ2) is 5.76. The van der Waals surface area contributed by atoms with Gasteiger partial charge in [-0.2, -0.15) is 0 Å². The molecule has 4 heteroatoms. The molecule has 2 rings (SSSR count). The lowest BCUT2D eigenvalue weighted by atomic mass is 10.1. The minimum absolute atomic E-state index is 0.000531. The van der Waals surface area contributed by atoms with E-state index >= 15 is 0 Å². The number of urea groups is 1. The van der Waals surface area contributed by atoms with Gasteiger partial charge in [0.1, 0.15) is 5.75 Å². The van der Waals surface area contributed by atoms with Gasteiger partial charge in [-0.05, 0) is 44.4 Å². The number of hydrogen-bond acceptors (Lipinski definition) is 2. The maximum Gasteiger partial charge on any atom is 0.315 e.